The third-order valence-corrected chi connectivity index (χ3v) is 3.48. The second-order valence-electron chi connectivity index (χ2n) is 5.00. The molecule has 1 aromatic carbocycles. The van der Waals surface area contributed by atoms with E-state index in [1.807, 2.05) is 24.3 Å². The molecule has 20 heavy (non-hydrogen) atoms. The maximum atomic E-state index is 12.0. The Kier molecular flexibility index (Phi) is 3.23. The van der Waals surface area contributed by atoms with Crippen LogP contribution in [0.1, 0.15) is 12.3 Å². The highest BCUT2D eigenvalue weighted by Crippen LogP contribution is 2.27. The van der Waals surface area contributed by atoms with Crippen LogP contribution in [0.4, 0.5) is 5.69 Å². The van der Waals surface area contributed by atoms with Gasteiger partial charge in [0.05, 0.1) is 0 Å². The van der Waals surface area contributed by atoms with Crippen LogP contribution in [0.15, 0.2) is 28.8 Å². The van der Waals surface area contributed by atoms with E-state index in [9.17, 15) is 4.79 Å². The molecule has 3 rings (SSSR count). The molecule has 0 spiro atoms. The number of carbonyl (C=O) groups excluding carboxylic acids is 1. The van der Waals surface area contributed by atoms with Gasteiger partial charge in [-0.2, -0.15) is 4.98 Å². The molecule has 0 saturated carbocycles. The lowest BCUT2D eigenvalue weighted by Gasteiger charge is -2.17. The van der Waals surface area contributed by atoms with Gasteiger partial charge in [-0.05, 0) is 24.6 Å². The fraction of sp³-hybridized carbons (Fsp3) is 0.357. The lowest BCUT2D eigenvalue weighted by atomic mass is 10.1. The van der Waals surface area contributed by atoms with Crippen molar-refractivity contribution in [2.75, 3.05) is 18.0 Å². The minimum atomic E-state index is 0.113. The summed E-state index contributed by atoms with van der Waals surface area (Å²) in [5.41, 5.74) is 7.34. The Bertz CT molecular complexity index is 638. The van der Waals surface area contributed by atoms with E-state index in [0.29, 0.717) is 31.2 Å². The van der Waals surface area contributed by atoms with Gasteiger partial charge in [-0.25, -0.2) is 0 Å². The number of amides is 1. The number of hydrogen-bond donors (Lipinski definition) is 1. The van der Waals surface area contributed by atoms with E-state index in [1.54, 1.807) is 11.8 Å². The number of rotatable bonds is 3. The van der Waals surface area contributed by atoms with E-state index in [2.05, 4.69) is 10.1 Å². The van der Waals surface area contributed by atoms with E-state index in [1.165, 1.54) is 0 Å². The number of benzene rings is 1. The van der Waals surface area contributed by atoms with Gasteiger partial charge in [0.1, 0.15) is 0 Å². The molecule has 1 unspecified atom stereocenters. The van der Waals surface area contributed by atoms with Gasteiger partial charge in [-0.15, -0.1) is 0 Å². The molecule has 1 amide bonds. The van der Waals surface area contributed by atoms with Crippen LogP contribution in [0, 0.1) is 12.8 Å². The SMILES string of the molecule is Cc1nc(-c2cccc(N3CC(CN)CC3=O)c2)no1. The Morgan fingerprint density at radius 3 is 3.00 bits per heavy atom. The molecule has 104 valence electrons. The lowest BCUT2D eigenvalue weighted by molar-refractivity contribution is -0.117. The zero-order valence-corrected chi connectivity index (χ0v) is 11.2. The number of nitrogens with two attached hydrogens (primary N) is 1. The summed E-state index contributed by atoms with van der Waals surface area (Å²) >= 11 is 0. The molecule has 2 N–H and O–H groups in total. The van der Waals surface area contributed by atoms with E-state index >= 15 is 0 Å². The largest absolute Gasteiger partial charge is 0.339 e. The van der Waals surface area contributed by atoms with Gasteiger partial charge in [0, 0.05) is 31.1 Å². The number of hydrogen-bond acceptors (Lipinski definition) is 5. The van der Waals surface area contributed by atoms with Gasteiger partial charge >= 0.3 is 0 Å². The van der Waals surface area contributed by atoms with Gasteiger partial charge in [0.2, 0.25) is 17.6 Å². The van der Waals surface area contributed by atoms with Gasteiger partial charge in [0.15, 0.2) is 0 Å². The third kappa shape index (κ3) is 2.30. The molecule has 1 aromatic heterocycles. The van der Waals surface area contributed by atoms with Gasteiger partial charge in [0.25, 0.3) is 0 Å². The number of carbonyl (C=O) groups is 1. The average Bonchev–Trinajstić information content (AvgIpc) is 3.05. The van der Waals surface area contributed by atoms with Gasteiger partial charge in [-0.3, -0.25) is 4.79 Å². The molecular formula is C14H16N4O2. The summed E-state index contributed by atoms with van der Waals surface area (Å²) in [5, 5.41) is 3.89. The molecule has 1 aliphatic heterocycles. The highest BCUT2D eigenvalue weighted by Gasteiger charge is 2.29. The van der Waals surface area contributed by atoms with Crippen LogP contribution in [0.3, 0.4) is 0 Å². The molecule has 1 atom stereocenters. The van der Waals surface area contributed by atoms with Crippen LogP contribution in [0.25, 0.3) is 11.4 Å². The van der Waals surface area contributed by atoms with Crippen molar-refractivity contribution in [1.82, 2.24) is 10.1 Å². The normalized spacial score (nSPS) is 18.8. The number of aryl methyl sites for hydroxylation is 1. The predicted molar refractivity (Wildman–Crippen MR) is 74.0 cm³/mol. The second kappa shape index (κ2) is 5.05. The smallest absolute Gasteiger partial charge is 0.227 e. The van der Waals surface area contributed by atoms with Crippen LogP contribution in [-0.4, -0.2) is 29.1 Å². The first-order valence-electron chi connectivity index (χ1n) is 6.58. The topological polar surface area (TPSA) is 85.3 Å². The Balaban J connectivity index is 1.90. The van der Waals surface area contributed by atoms with Crippen molar-refractivity contribution in [3.63, 3.8) is 0 Å². The Morgan fingerprint density at radius 1 is 1.50 bits per heavy atom. The molecule has 6 nitrogen and oxygen atoms in total. The van der Waals surface area contributed by atoms with Crippen molar-refractivity contribution in [3.05, 3.63) is 30.2 Å². The van der Waals surface area contributed by atoms with Crippen molar-refractivity contribution in [3.8, 4) is 11.4 Å². The molecular weight excluding hydrogens is 256 g/mol. The quantitative estimate of drug-likeness (QED) is 0.911. The fourth-order valence-corrected chi connectivity index (χ4v) is 2.42. The first-order chi connectivity index (χ1) is 9.67. The molecule has 0 radical (unpaired) electrons. The molecule has 1 saturated heterocycles. The van der Waals surface area contributed by atoms with E-state index in [-0.39, 0.29) is 11.8 Å². The summed E-state index contributed by atoms with van der Waals surface area (Å²) in [5.74, 6) is 1.40. The van der Waals surface area contributed by atoms with Gasteiger partial charge in [-0.1, -0.05) is 17.3 Å². The maximum absolute atomic E-state index is 12.0. The number of aromatic nitrogens is 2. The monoisotopic (exact) mass is 272 g/mol. The highest BCUT2D eigenvalue weighted by atomic mass is 16.5. The zero-order valence-electron chi connectivity index (χ0n) is 11.2. The van der Waals surface area contributed by atoms with Crippen molar-refractivity contribution in [2.24, 2.45) is 11.7 Å². The summed E-state index contributed by atoms with van der Waals surface area (Å²) in [6.07, 6.45) is 0.516. The first-order valence-corrected chi connectivity index (χ1v) is 6.58. The van der Waals surface area contributed by atoms with Crippen molar-refractivity contribution in [1.29, 1.82) is 0 Å². The third-order valence-electron chi connectivity index (χ3n) is 3.48. The molecule has 0 aliphatic carbocycles. The lowest BCUT2D eigenvalue weighted by Crippen LogP contribution is -2.25. The standard InChI is InChI=1S/C14H16N4O2/c1-9-16-14(17-20-9)11-3-2-4-12(6-11)18-8-10(7-15)5-13(18)19/h2-4,6,10H,5,7-8,15H2,1H3. The molecule has 0 bridgehead atoms. The van der Waals surface area contributed by atoms with E-state index in [4.69, 9.17) is 10.3 Å². The Hall–Kier alpha value is -2.21. The summed E-state index contributed by atoms with van der Waals surface area (Å²) in [4.78, 5) is 18.0. The zero-order chi connectivity index (χ0) is 14.1. The Labute approximate surface area is 116 Å². The van der Waals surface area contributed by atoms with Gasteiger partial charge < -0.3 is 15.2 Å². The second-order valence-corrected chi connectivity index (χ2v) is 5.00. The van der Waals surface area contributed by atoms with Crippen molar-refractivity contribution >= 4 is 11.6 Å². The molecule has 1 fully saturated rings. The Morgan fingerprint density at radius 2 is 2.35 bits per heavy atom. The molecule has 1 aliphatic rings. The van der Waals surface area contributed by atoms with Crippen molar-refractivity contribution < 1.29 is 9.32 Å². The summed E-state index contributed by atoms with van der Waals surface area (Å²) in [6.45, 7) is 2.95. The van der Waals surface area contributed by atoms with Crippen molar-refractivity contribution in [2.45, 2.75) is 13.3 Å². The fourth-order valence-electron chi connectivity index (χ4n) is 2.42. The maximum Gasteiger partial charge on any atom is 0.227 e. The summed E-state index contributed by atoms with van der Waals surface area (Å²) in [6, 6.07) is 7.60. The van der Waals surface area contributed by atoms with Crippen LogP contribution in [0.2, 0.25) is 0 Å². The van der Waals surface area contributed by atoms with Crippen LogP contribution in [0.5, 0.6) is 0 Å². The molecule has 6 heteroatoms. The predicted octanol–water partition coefficient (Wildman–Crippen LogP) is 1.36. The first kappa shape index (κ1) is 12.8. The average molecular weight is 272 g/mol. The van der Waals surface area contributed by atoms with Crippen LogP contribution in [-0.2, 0) is 4.79 Å². The van der Waals surface area contributed by atoms with Crippen LogP contribution < -0.4 is 10.6 Å². The number of anilines is 1. The molecule has 2 heterocycles. The number of nitrogens with zero attached hydrogens (tertiary/aromatic N) is 3. The van der Waals surface area contributed by atoms with E-state index in [0.717, 1.165) is 11.3 Å². The van der Waals surface area contributed by atoms with Crippen LogP contribution >= 0.6 is 0 Å². The minimum absolute atomic E-state index is 0.113. The summed E-state index contributed by atoms with van der Waals surface area (Å²) < 4.78 is 4.98. The minimum Gasteiger partial charge on any atom is -0.339 e. The highest BCUT2D eigenvalue weighted by molar-refractivity contribution is 5.96. The molecule has 2 aromatic rings. The van der Waals surface area contributed by atoms with E-state index < -0.39 is 0 Å². The summed E-state index contributed by atoms with van der Waals surface area (Å²) in [7, 11) is 0.